The number of hydrogen-bond acceptors (Lipinski definition) is 5. The number of likely N-dealkylation sites (tertiary alicyclic amines) is 1. The Morgan fingerprint density at radius 2 is 1.92 bits per heavy atom. The predicted molar refractivity (Wildman–Crippen MR) is 94.2 cm³/mol. The van der Waals surface area contributed by atoms with E-state index in [2.05, 4.69) is 5.32 Å². The van der Waals surface area contributed by atoms with Crippen molar-refractivity contribution in [1.82, 2.24) is 10.2 Å². The summed E-state index contributed by atoms with van der Waals surface area (Å²) >= 11 is 0. The molecule has 3 amide bonds. The fraction of sp³-hybridized carbons (Fsp3) is 0.474. The van der Waals surface area contributed by atoms with E-state index in [0.717, 1.165) is 10.5 Å². The Morgan fingerprint density at radius 1 is 1.23 bits per heavy atom. The van der Waals surface area contributed by atoms with Crippen LogP contribution in [0.1, 0.15) is 42.6 Å². The first-order valence-corrected chi connectivity index (χ1v) is 8.67. The Kier molecular flexibility index (Phi) is 6.49. The van der Waals surface area contributed by atoms with Crippen molar-refractivity contribution in [2.24, 2.45) is 5.92 Å². The number of hydrogen-bond donors (Lipinski definition) is 1. The van der Waals surface area contributed by atoms with E-state index in [1.807, 2.05) is 19.1 Å². The van der Waals surface area contributed by atoms with Crippen molar-refractivity contribution in [2.45, 2.75) is 39.7 Å². The Bertz CT molecular complexity index is 714. The van der Waals surface area contributed by atoms with Gasteiger partial charge in [-0.3, -0.25) is 19.3 Å². The lowest BCUT2D eigenvalue weighted by atomic mass is 10.0. The van der Waals surface area contributed by atoms with Gasteiger partial charge in [-0.2, -0.15) is 0 Å². The minimum atomic E-state index is -0.885. The van der Waals surface area contributed by atoms with Crippen LogP contribution >= 0.6 is 0 Å². The van der Waals surface area contributed by atoms with Gasteiger partial charge in [0.2, 0.25) is 5.91 Å². The Balaban J connectivity index is 1.97. The molecule has 1 heterocycles. The van der Waals surface area contributed by atoms with Gasteiger partial charge in [-0.15, -0.1) is 0 Å². The molecule has 140 valence electrons. The van der Waals surface area contributed by atoms with Gasteiger partial charge in [0.25, 0.3) is 11.8 Å². The summed E-state index contributed by atoms with van der Waals surface area (Å²) in [7, 11) is 0. The zero-order valence-corrected chi connectivity index (χ0v) is 15.3. The van der Waals surface area contributed by atoms with Gasteiger partial charge in [0, 0.05) is 18.5 Å². The number of rotatable bonds is 6. The van der Waals surface area contributed by atoms with Crippen LogP contribution in [0.15, 0.2) is 24.3 Å². The standard InChI is InChI=1S/C19H24N2O5/c1-12(2)17(20-18(24)14-8-5-4-7-13(14)3)19(25)26-11-16(23)21-10-6-9-15(21)22/h4-5,7-8,12,17H,6,9-11H2,1-3H3,(H,20,24)/t17-/m0/s1. The predicted octanol–water partition coefficient (Wildman–Crippen LogP) is 1.44. The maximum Gasteiger partial charge on any atom is 0.329 e. The molecule has 0 aliphatic carbocycles. The third-order valence-electron chi connectivity index (χ3n) is 4.31. The van der Waals surface area contributed by atoms with Crippen LogP contribution in [-0.4, -0.2) is 47.8 Å². The molecular weight excluding hydrogens is 336 g/mol. The first kappa shape index (κ1) is 19.6. The van der Waals surface area contributed by atoms with E-state index in [1.165, 1.54) is 0 Å². The number of esters is 1. The number of amides is 3. The topological polar surface area (TPSA) is 92.8 Å². The van der Waals surface area contributed by atoms with E-state index in [-0.39, 0.29) is 17.7 Å². The normalized spacial score (nSPS) is 15.1. The molecule has 1 fully saturated rings. The first-order chi connectivity index (χ1) is 12.3. The molecule has 7 nitrogen and oxygen atoms in total. The van der Waals surface area contributed by atoms with Gasteiger partial charge >= 0.3 is 5.97 Å². The van der Waals surface area contributed by atoms with Gasteiger partial charge < -0.3 is 10.1 Å². The van der Waals surface area contributed by atoms with Crippen molar-refractivity contribution in [3.05, 3.63) is 35.4 Å². The first-order valence-electron chi connectivity index (χ1n) is 8.67. The lowest BCUT2D eigenvalue weighted by molar-refractivity contribution is -0.156. The van der Waals surface area contributed by atoms with E-state index in [0.29, 0.717) is 24.9 Å². The van der Waals surface area contributed by atoms with Gasteiger partial charge in [-0.25, -0.2) is 4.79 Å². The van der Waals surface area contributed by atoms with Gasteiger partial charge in [0.1, 0.15) is 6.04 Å². The third-order valence-corrected chi connectivity index (χ3v) is 4.31. The van der Waals surface area contributed by atoms with Crippen LogP contribution in [0.25, 0.3) is 0 Å². The van der Waals surface area contributed by atoms with Crippen LogP contribution in [0.3, 0.4) is 0 Å². The van der Waals surface area contributed by atoms with Crippen molar-refractivity contribution in [3.8, 4) is 0 Å². The Hall–Kier alpha value is -2.70. The molecule has 1 saturated heterocycles. The summed E-state index contributed by atoms with van der Waals surface area (Å²) in [6, 6.07) is 6.17. The number of benzene rings is 1. The lowest BCUT2D eigenvalue weighted by Crippen LogP contribution is -2.46. The average Bonchev–Trinajstić information content (AvgIpc) is 3.03. The molecule has 0 bridgehead atoms. The monoisotopic (exact) mass is 360 g/mol. The molecule has 1 aliphatic heterocycles. The molecule has 0 radical (unpaired) electrons. The number of nitrogens with one attached hydrogen (secondary N) is 1. The van der Waals surface area contributed by atoms with E-state index < -0.39 is 24.5 Å². The summed E-state index contributed by atoms with van der Waals surface area (Å²) in [6.45, 7) is 5.20. The number of carbonyl (C=O) groups excluding carboxylic acids is 4. The third kappa shape index (κ3) is 4.68. The Labute approximate surface area is 152 Å². The number of carbonyl (C=O) groups is 4. The molecule has 0 saturated carbocycles. The van der Waals surface area contributed by atoms with Gasteiger partial charge in [-0.1, -0.05) is 32.0 Å². The molecule has 0 unspecified atom stereocenters. The summed E-state index contributed by atoms with van der Waals surface area (Å²) in [5.41, 5.74) is 1.27. The second-order valence-corrected chi connectivity index (χ2v) is 6.66. The van der Waals surface area contributed by atoms with Crippen molar-refractivity contribution in [1.29, 1.82) is 0 Å². The number of aryl methyl sites for hydroxylation is 1. The molecule has 1 aromatic rings. The summed E-state index contributed by atoms with van der Waals surface area (Å²) in [6.07, 6.45) is 0.959. The zero-order chi connectivity index (χ0) is 19.3. The Morgan fingerprint density at radius 3 is 2.50 bits per heavy atom. The minimum absolute atomic E-state index is 0.223. The smallest absolute Gasteiger partial charge is 0.329 e. The van der Waals surface area contributed by atoms with Crippen molar-refractivity contribution in [2.75, 3.05) is 13.2 Å². The number of nitrogens with zero attached hydrogens (tertiary/aromatic N) is 1. The van der Waals surface area contributed by atoms with Crippen LogP contribution in [0.5, 0.6) is 0 Å². The van der Waals surface area contributed by atoms with E-state index in [1.54, 1.807) is 26.0 Å². The number of ether oxygens (including phenoxy) is 1. The summed E-state index contributed by atoms with van der Waals surface area (Å²) in [4.78, 5) is 49.4. The van der Waals surface area contributed by atoms with Gasteiger partial charge in [-0.05, 0) is 30.9 Å². The summed E-state index contributed by atoms with van der Waals surface area (Å²) in [5, 5.41) is 2.67. The highest BCUT2D eigenvalue weighted by atomic mass is 16.5. The lowest BCUT2D eigenvalue weighted by Gasteiger charge is -2.22. The van der Waals surface area contributed by atoms with Crippen LogP contribution in [-0.2, 0) is 19.1 Å². The maximum atomic E-state index is 12.4. The van der Waals surface area contributed by atoms with E-state index in [9.17, 15) is 19.2 Å². The fourth-order valence-electron chi connectivity index (χ4n) is 2.76. The SMILES string of the molecule is Cc1ccccc1C(=O)N[C@H](C(=O)OCC(=O)N1CCCC1=O)C(C)C. The molecule has 1 atom stereocenters. The molecule has 2 rings (SSSR count). The minimum Gasteiger partial charge on any atom is -0.454 e. The largest absolute Gasteiger partial charge is 0.454 e. The molecule has 1 N–H and O–H groups in total. The second kappa shape index (κ2) is 8.60. The molecule has 0 spiro atoms. The van der Waals surface area contributed by atoms with Crippen molar-refractivity contribution in [3.63, 3.8) is 0 Å². The van der Waals surface area contributed by atoms with Gasteiger partial charge in [0.15, 0.2) is 6.61 Å². The average molecular weight is 360 g/mol. The van der Waals surface area contributed by atoms with Gasteiger partial charge in [0.05, 0.1) is 0 Å². The van der Waals surface area contributed by atoms with Crippen molar-refractivity contribution >= 4 is 23.7 Å². The maximum absolute atomic E-state index is 12.4. The quantitative estimate of drug-likeness (QED) is 0.775. The number of imide groups is 1. The molecule has 1 aromatic carbocycles. The van der Waals surface area contributed by atoms with Crippen LogP contribution in [0.4, 0.5) is 0 Å². The van der Waals surface area contributed by atoms with E-state index >= 15 is 0 Å². The summed E-state index contributed by atoms with van der Waals surface area (Å²) in [5.74, 6) is -2.08. The highest BCUT2D eigenvalue weighted by molar-refractivity contribution is 5.99. The second-order valence-electron chi connectivity index (χ2n) is 6.66. The highest BCUT2D eigenvalue weighted by Crippen LogP contribution is 2.12. The summed E-state index contributed by atoms with van der Waals surface area (Å²) < 4.78 is 5.06. The molecule has 0 aromatic heterocycles. The molecular formula is C19H24N2O5. The molecule has 26 heavy (non-hydrogen) atoms. The fourth-order valence-corrected chi connectivity index (χ4v) is 2.76. The van der Waals surface area contributed by atoms with E-state index in [4.69, 9.17) is 4.74 Å². The zero-order valence-electron chi connectivity index (χ0n) is 15.3. The van der Waals surface area contributed by atoms with Crippen LogP contribution in [0.2, 0.25) is 0 Å². The van der Waals surface area contributed by atoms with Crippen molar-refractivity contribution < 1.29 is 23.9 Å². The van der Waals surface area contributed by atoms with Crippen LogP contribution in [0, 0.1) is 12.8 Å². The highest BCUT2D eigenvalue weighted by Gasteiger charge is 2.30. The molecule has 7 heteroatoms. The van der Waals surface area contributed by atoms with Crippen LogP contribution < -0.4 is 5.32 Å². The molecule has 1 aliphatic rings.